The number of benzene rings is 4. The van der Waals surface area contributed by atoms with E-state index >= 15 is 0 Å². The van der Waals surface area contributed by atoms with E-state index in [0.717, 1.165) is 12.1 Å². The number of hydrogen-bond acceptors (Lipinski definition) is 23. The Bertz CT molecular complexity index is 4110. The first kappa shape index (κ1) is 74.5. The molecular formula is C59H77N3O26S5. The topological polar surface area (TPSA) is 407 Å². The summed E-state index contributed by atoms with van der Waals surface area (Å²) in [5.74, 6) is -3.05. The summed E-state index contributed by atoms with van der Waals surface area (Å²) in [7, 11) is -22.2. The molecule has 0 radical (unpaired) electrons. The molecule has 3 aliphatic heterocycles. The Morgan fingerprint density at radius 3 is 1.56 bits per heavy atom. The minimum absolute atomic E-state index is 0.0160. The van der Waals surface area contributed by atoms with Gasteiger partial charge in [-0.25, -0.2) is 4.79 Å². The predicted octanol–water partition coefficient (Wildman–Crippen LogP) is 5.41. The average Bonchev–Trinajstić information content (AvgIpc) is 1.60. The molecule has 3 aliphatic rings. The summed E-state index contributed by atoms with van der Waals surface area (Å²) >= 11 is 0. The van der Waals surface area contributed by atoms with E-state index in [-0.39, 0.29) is 138 Å². The van der Waals surface area contributed by atoms with Crippen molar-refractivity contribution in [3.05, 3.63) is 95.2 Å². The second-order valence-corrected chi connectivity index (χ2v) is 29.7. The van der Waals surface area contributed by atoms with E-state index in [1.807, 2.05) is 4.90 Å². The van der Waals surface area contributed by atoms with Crippen LogP contribution in [-0.2, 0) is 114 Å². The van der Waals surface area contributed by atoms with Crippen LogP contribution in [0.3, 0.4) is 0 Å². The van der Waals surface area contributed by atoms with Gasteiger partial charge in [-0.2, -0.15) is 42.1 Å². The lowest BCUT2D eigenvalue weighted by molar-refractivity contribution is -0.197. The third kappa shape index (κ3) is 18.6. The van der Waals surface area contributed by atoms with Crippen molar-refractivity contribution in [1.82, 2.24) is 5.06 Å². The number of nitrogens with zero attached hydrogens (tertiary/aromatic N) is 3. The summed E-state index contributed by atoms with van der Waals surface area (Å²) in [4.78, 5) is 43.4. The second kappa shape index (κ2) is 31.3. The zero-order chi connectivity index (χ0) is 68.3. The zero-order valence-corrected chi connectivity index (χ0v) is 55.8. The number of hydrogen-bond donors (Lipinski definition) is 5. The van der Waals surface area contributed by atoms with Crippen LogP contribution in [0.1, 0.15) is 76.8 Å². The first-order valence-electron chi connectivity index (χ1n) is 29.3. The van der Waals surface area contributed by atoms with Crippen LogP contribution in [-0.4, -0.2) is 206 Å². The average molecular weight is 1400 g/mol. The Morgan fingerprint density at radius 1 is 0.581 bits per heavy atom. The van der Waals surface area contributed by atoms with Gasteiger partial charge in [-0.3, -0.25) is 32.4 Å². The van der Waals surface area contributed by atoms with E-state index in [2.05, 4.69) is 0 Å². The van der Waals surface area contributed by atoms with E-state index in [1.165, 1.54) is 25.3 Å². The largest absolute Gasteiger partial charge is 0.382 e. The SMILES string of the molecule is COCCOCCOCCOCCC1(C)\C(=C/C=C(C)/C=C/C2N(CCOCCOCCOC)c3ccc4c(S(=O)(=O)O)cc(S(=O)(=O)O)cc4c3C2(C)CCCS(=O)(=O)O)N(CCCC(=O)ON2C(=O)CCC2=O)c2ccc3c(S(=O)(=O)O)cc(S(=O)(=O)O)cc3c21. The molecule has 514 valence electrons. The van der Waals surface area contributed by atoms with Crippen molar-refractivity contribution in [2.75, 3.05) is 122 Å². The number of fused-ring (bicyclic) bond motifs is 6. The molecule has 3 heterocycles. The maximum atomic E-state index is 13.3. The molecule has 7 rings (SSSR count). The molecule has 0 aromatic heterocycles. The first-order chi connectivity index (χ1) is 43.7. The zero-order valence-electron chi connectivity index (χ0n) is 51.8. The number of methoxy groups -OCH3 is 2. The van der Waals surface area contributed by atoms with Crippen molar-refractivity contribution < 1.29 is 117 Å². The van der Waals surface area contributed by atoms with Crippen molar-refractivity contribution in [2.45, 2.75) is 102 Å². The van der Waals surface area contributed by atoms with Gasteiger partial charge in [-0.15, -0.1) is 5.06 Å². The highest BCUT2D eigenvalue weighted by molar-refractivity contribution is 7.87. The molecule has 29 nitrogen and oxygen atoms in total. The van der Waals surface area contributed by atoms with E-state index in [9.17, 15) is 79.2 Å². The fourth-order valence-electron chi connectivity index (χ4n) is 11.8. The molecule has 0 spiro atoms. The Morgan fingerprint density at radius 2 is 1.06 bits per heavy atom. The number of rotatable bonds is 37. The van der Waals surface area contributed by atoms with Gasteiger partial charge in [0.25, 0.3) is 62.4 Å². The molecule has 2 amide bonds. The minimum atomic E-state index is -5.19. The summed E-state index contributed by atoms with van der Waals surface area (Å²) in [5.41, 5.74) is -0.387. The molecule has 4 aromatic carbocycles. The van der Waals surface area contributed by atoms with Gasteiger partial charge in [0.2, 0.25) is 0 Å². The Balaban J connectivity index is 1.38. The third-order valence-corrected chi connectivity index (χ3v) is 20.4. The number of amides is 2. The first-order valence-corrected chi connectivity index (χ1v) is 36.6. The molecular weight excluding hydrogens is 1330 g/mol. The Hall–Kier alpha value is -5.90. The lowest BCUT2D eigenvalue weighted by atomic mass is 9.73. The van der Waals surface area contributed by atoms with Crippen LogP contribution in [0.2, 0.25) is 0 Å². The van der Waals surface area contributed by atoms with Gasteiger partial charge in [-0.05, 0) is 104 Å². The fraction of sp³-hybridized carbons (Fsp3) is 0.508. The van der Waals surface area contributed by atoms with Gasteiger partial charge in [0, 0.05) is 91.9 Å². The lowest BCUT2D eigenvalue weighted by Crippen LogP contribution is -2.43. The standard InChI is InChI=1S/C59H77N3O26S5/c1-40(9-15-51-58(2,19-7-35-89(66,67)68)56-45-36-41(90(69,70)71)38-49(92(75,76)77)43(45)12-14-48(56)61(51)22-24-84-30-32-85-27-25-81-4)10-16-52-59(3,20-23-83-29-31-87-34-33-86-28-26-82-5)57-46-37-42(91(72,73)74)39-50(93(78,79)80)44(46)11-13-47(57)60(52)21-6-8-55(65)88-62-53(63)17-18-54(62)64/h9-16,36-39,51H,6-8,17-35H2,1-5H3,(H,66,67,68)(H,69,70,71)(H,72,73,74)(H,75,76,77)(H,78,79,80)/b15-9+,40-10+,52-16+. The smallest absolute Gasteiger partial charge is 0.333 e. The highest BCUT2D eigenvalue weighted by Crippen LogP contribution is 2.55. The van der Waals surface area contributed by atoms with E-state index in [0.29, 0.717) is 71.8 Å². The van der Waals surface area contributed by atoms with Crippen LogP contribution in [0.5, 0.6) is 0 Å². The number of anilines is 2. The van der Waals surface area contributed by atoms with Crippen LogP contribution in [0, 0.1) is 0 Å². The van der Waals surface area contributed by atoms with Crippen LogP contribution < -0.4 is 9.80 Å². The van der Waals surface area contributed by atoms with Crippen molar-refractivity contribution in [1.29, 1.82) is 0 Å². The number of ether oxygens (including phenoxy) is 7. The van der Waals surface area contributed by atoms with Crippen molar-refractivity contribution >= 4 is 101 Å². The summed E-state index contributed by atoms with van der Waals surface area (Å²) in [6, 6.07) is 8.28. The number of imide groups is 1. The van der Waals surface area contributed by atoms with Gasteiger partial charge in [0.15, 0.2) is 0 Å². The monoisotopic (exact) mass is 1400 g/mol. The van der Waals surface area contributed by atoms with Gasteiger partial charge < -0.3 is 47.8 Å². The molecule has 1 fully saturated rings. The molecule has 1 saturated heterocycles. The third-order valence-electron chi connectivity index (χ3n) is 16.1. The summed E-state index contributed by atoms with van der Waals surface area (Å²) in [5, 5.41) is 0.0742. The molecule has 5 N–H and O–H groups in total. The molecule has 3 unspecified atom stereocenters. The normalized spacial score (nSPS) is 19.5. The van der Waals surface area contributed by atoms with E-state index < -0.39 is 111 Å². The quantitative estimate of drug-likeness (QED) is 0.0163. The van der Waals surface area contributed by atoms with Crippen LogP contribution in [0.15, 0.2) is 104 Å². The van der Waals surface area contributed by atoms with Crippen molar-refractivity contribution in [3.63, 3.8) is 0 Å². The molecule has 0 saturated carbocycles. The van der Waals surface area contributed by atoms with Gasteiger partial charge in [0.1, 0.15) is 9.79 Å². The highest BCUT2D eigenvalue weighted by Gasteiger charge is 2.49. The Labute approximate surface area is 540 Å². The molecule has 93 heavy (non-hydrogen) atoms. The van der Waals surface area contributed by atoms with Gasteiger partial charge >= 0.3 is 5.97 Å². The van der Waals surface area contributed by atoms with Crippen LogP contribution >= 0.6 is 0 Å². The van der Waals surface area contributed by atoms with Crippen molar-refractivity contribution in [2.24, 2.45) is 0 Å². The number of carbonyl (C=O) groups excluding carboxylic acids is 3. The van der Waals surface area contributed by atoms with Crippen LogP contribution in [0.4, 0.5) is 11.4 Å². The number of carbonyl (C=O) groups is 3. The maximum absolute atomic E-state index is 13.3. The maximum Gasteiger partial charge on any atom is 0.333 e. The van der Waals surface area contributed by atoms with E-state index in [4.69, 9.17) is 38.0 Å². The van der Waals surface area contributed by atoms with Crippen LogP contribution in [0.25, 0.3) is 21.5 Å². The molecule has 3 atom stereocenters. The Kier molecular flexibility index (Phi) is 25.1. The molecule has 4 aromatic rings. The van der Waals surface area contributed by atoms with Gasteiger partial charge in [-0.1, -0.05) is 42.9 Å². The number of allylic oxidation sites excluding steroid dienone is 5. The molecule has 0 bridgehead atoms. The highest BCUT2D eigenvalue weighted by atomic mass is 32.2. The summed E-state index contributed by atoms with van der Waals surface area (Å²) in [6.07, 6.45) is 6.01. The summed E-state index contributed by atoms with van der Waals surface area (Å²) < 4.78 is 219. The second-order valence-electron chi connectivity index (χ2n) is 22.5. The van der Waals surface area contributed by atoms with Gasteiger partial charge in [0.05, 0.1) is 94.3 Å². The fourth-order valence-corrected chi connectivity index (χ4v) is 15.0. The minimum Gasteiger partial charge on any atom is -0.382 e. The number of hydroxylamine groups is 2. The van der Waals surface area contributed by atoms with E-state index in [1.54, 1.807) is 63.2 Å². The van der Waals surface area contributed by atoms with Crippen molar-refractivity contribution in [3.8, 4) is 0 Å². The molecule has 0 aliphatic carbocycles. The predicted molar refractivity (Wildman–Crippen MR) is 336 cm³/mol. The lowest BCUT2D eigenvalue weighted by Gasteiger charge is -2.35. The summed E-state index contributed by atoms with van der Waals surface area (Å²) in [6.45, 7) is 7.71. The molecule has 34 heteroatoms.